The Hall–Kier alpha value is -3.15. The van der Waals surface area contributed by atoms with Crippen molar-refractivity contribution in [1.29, 1.82) is 0 Å². The molecule has 26 heavy (non-hydrogen) atoms. The van der Waals surface area contributed by atoms with Gasteiger partial charge in [-0.2, -0.15) is 0 Å². The number of rotatable bonds is 4. The van der Waals surface area contributed by atoms with E-state index in [1.807, 2.05) is 49.4 Å². The summed E-state index contributed by atoms with van der Waals surface area (Å²) < 4.78 is 10.4. The molecule has 1 aliphatic rings. The average Bonchev–Trinajstić information content (AvgIpc) is 3.20. The molecule has 1 aromatic heterocycles. The number of nitrogens with zero attached hydrogens (tertiary/aromatic N) is 2. The summed E-state index contributed by atoms with van der Waals surface area (Å²) in [6.07, 6.45) is 0.775. The third kappa shape index (κ3) is 2.94. The zero-order chi connectivity index (χ0) is 18.1. The molecule has 1 aliphatic heterocycles. The van der Waals surface area contributed by atoms with Crippen molar-refractivity contribution in [2.45, 2.75) is 25.8 Å². The highest BCUT2D eigenvalue weighted by Gasteiger charge is 2.31. The molecule has 0 unspecified atom stereocenters. The standard InChI is InChI=1S/C20H18N2O4/c1-13-10-14-6-2-4-8-17(14)22(13)19(23)12-25-20(24)11-16-15-7-3-5-9-18(15)26-21-16/h2-9,13H,10-12H2,1H3/t13-/m0/s1. The number of esters is 1. The molecule has 6 heteroatoms. The lowest BCUT2D eigenvalue weighted by atomic mass is 10.1. The van der Waals surface area contributed by atoms with Gasteiger partial charge >= 0.3 is 5.97 Å². The third-order valence-electron chi connectivity index (χ3n) is 4.60. The molecular formula is C20H18N2O4. The van der Waals surface area contributed by atoms with Crippen molar-refractivity contribution in [3.8, 4) is 0 Å². The smallest absolute Gasteiger partial charge is 0.312 e. The van der Waals surface area contributed by atoms with E-state index in [2.05, 4.69) is 5.16 Å². The maximum Gasteiger partial charge on any atom is 0.312 e. The Labute approximate surface area is 150 Å². The van der Waals surface area contributed by atoms with Crippen LogP contribution in [0.15, 0.2) is 53.1 Å². The molecule has 4 rings (SSSR count). The number of fused-ring (bicyclic) bond motifs is 2. The molecular weight excluding hydrogens is 332 g/mol. The Bertz CT molecular complexity index is 979. The lowest BCUT2D eigenvalue weighted by Crippen LogP contribution is -2.38. The summed E-state index contributed by atoms with van der Waals surface area (Å²) in [5.41, 5.74) is 3.16. The quantitative estimate of drug-likeness (QED) is 0.677. The fourth-order valence-electron chi connectivity index (χ4n) is 3.41. The second-order valence-corrected chi connectivity index (χ2v) is 6.41. The van der Waals surface area contributed by atoms with Crippen molar-refractivity contribution in [2.24, 2.45) is 0 Å². The lowest BCUT2D eigenvalue weighted by molar-refractivity contribution is -0.147. The van der Waals surface area contributed by atoms with Gasteiger partial charge in [-0.1, -0.05) is 35.5 Å². The molecule has 0 aliphatic carbocycles. The zero-order valence-corrected chi connectivity index (χ0v) is 14.3. The van der Waals surface area contributed by atoms with Crippen LogP contribution in [0.4, 0.5) is 5.69 Å². The van der Waals surface area contributed by atoms with E-state index in [-0.39, 0.29) is 25.0 Å². The first-order chi connectivity index (χ1) is 12.6. The summed E-state index contributed by atoms with van der Waals surface area (Å²) in [5, 5.41) is 4.69. The molecule has 132 valence electrons. The fraction of sp³-hybridized carbons (Fsp3) is 0.250. The summed E-state index contributed by atoms with van der Waals surface area (Å²) in [6.45, 7) is 1.70. The molecule has 0 N–H and O–H groups in total. The van der Waals surface area contributed by atoms with Crippen molar-refractivity contribution in [3.63, 3.8) is 0 Å². The second kappa shape index (κ2) is 6.63. The molecule has 2 aromatic carbocycles. The minimum atomic E-state index is -0.502. The first-order valence-electron chi connectivity index (χ1n) is 8.52. The minimum Gasteiger partial charge on any atom is -0.455 e. The molecule has 0 saturated heterocycles. The van der Waals surface area contributed by atoms with Crippen molar-refractivity contribution in [1.82, 2.24) is 5.16 Å². The number of hydrogen-bond donors (Lipinski definition) is 0. The van der Waals surface area contributed by atoms with Crippen LogP contribution in [0.1, 0.15) is 18.2 Å². The maximum atomic E-state index is 12.6. The molecule has 3 aromatic rings. The number of benzene rings is 2. The number of anilines is 1. The van der Waals surface area contributed by atoms with Gasteiger partial charge in [-0.25, -0.2) is 0 Å². The normalized spacial score (nSPS) is 15.9. The predicted octanol–water partition coefficient (Wildman–Crippen LogP) is 2.89. The molecule has 0 fully saturated rings. The van der Waals surface area contributed by atoms with Crippen molar-refractivity contribution < 1.29 is 18.8 Å². The first kappa shape index (κ1) is 16.3. The summed E-state index contributed by atoms with van der Waals surface area (Å²) in [6, 6.07) is 15.2. The van der Waals surface area contributed by atoms with Gasteiger partial charge in [-0.15, -0.1) is 0 Å². The van der Waals surface area contributed by atoms with Crippen molar-refractivity contribution in [3.05, 3.63) is 59.8 Å². The van der Waals surface area contributed by atoms with Crippen LogP contribution in [0.2, 0.25) is 0 Å². The maximum absolute atomic E-state index is 12.6. The Kier molecular flexibility index (Phi) is 4.16. The second-order valence-electron chi connectivity index (χ2n) is 6.41. The number of hydrogen-bond acceptors (Lipinski definition) is 5. The highest BCUT2D eigenvalue weighted by molar-refractivity contribution is 5.98. The number of amides is 1. The first-order valence-corrected chi connectivity index (χ1v) is 8.52. The summed E-state index contributed by atoms with van der Waals surface area (Å²) in [4.78, 5) is 26.4. The molecule has 6 nitrogen and oxygen atoms in total. The van der Waals surface area contributed by atoms with E-state index in [4.69, 9.17) is 9.26 Å². The van der Waals surface area contributed by atoms with Gasteiger partial charge in [-0.3, -0.25) is 9.59 Å². The predicted molar refractivity (Wildman–Crippen MR) is 95.8 cm³/mol. The number of carbonyl (C=O) groups excluding carboxylic acids is 2. The van der Waals surface area contributed by atoms with Crippen LogP contribution >= 0.6 is 0 Å². The van der Waals surface area contributed by atoms with Crippen LogP contribution in [0, 0.1) is 0 Å². The lowest BCUT2D eigenvalue weighted by Gasteiger charge is -2.22. The van der Waals surface area contributed by atoms with E-state index >= 15 is 0 Å². The zero-order valence-electron chi connectivity index (χ0n) is 14.3. The molecule has 1 atom stereocenters. The van der Waals surface area contributed by atoms with Crippen LogP contribution in [0.3, 0.4) is 0 Å². The van der Waals surface area contributed by atoms with Crippen LogP contribution in [0.5, 0.6) is 0 Å². The van der Waals surface area contributed by atoms with Crippen LogP contribution in [-0.4, -0.2) is 29.7 Å². The van der Waals surface area contributed by atoms with Gasteiger partial charge in [0, 0.05) is 17.1 Å². The van der Waals surface area contributed by atoms with Gasteiger partial charge < -0.3 is 14.2 Å². The number of para-hydroxylation sites is 2. The fourth-order valence-corrected chi connectivity index (χ4v) is 3.41. The number of ether oxygens (including phenoxy) is 1. The van der Waals surface area contributed by atoms with Gasteiger partial charge in [0.15, 0.2) is 12.2 Å². The van der Waals surface area contributed by atoms with Crippen molar-refractivity contribution >= 4 is 28.5 Å². The summed E-state index contributed by atoms with van der Waals surface area (Å²) >= 11 is 0. The monoisotopic (exact) mass is 350 g/mol. The Morgan fingerprint density at radius 2 is 1.96 bits per heavy atom. The Balaban J connectivity index is 1.39. The number of carbonyl (C=O) groups is 2. The molecule has 2 heterocycles. The van der Waals surface area contributed by atoms with E-state index in [1.54, 1.807) is 11.0 Å². The topological polar surface area (TPSA) is 72.6 Å². The van der Waals surface area contributed by atoms with E-state index in [0.29, 0.717) is 11.3 Å². The SMILES string of the molecule is C[C@H]1Cc2ccccc2N1C(=O)COC(=O)Cc1noc2ccccc12. The Morgan fingerprint density at radius 3 is 2.85 bits per heavy atom. The third-order valence-corrected chi connectivity index (χ3v) is 4.60. The summed E-state index contributed by atoms with van der Waals surface area (Å²) in [5.74, 6) is -0.724. The largest absolute Gasteiger partial charge is 0.455 e. The number of aromatic nitrogens is 1. The average molecular weight is 350 g/mol. The van der Waals surface area contributed by atoms with Gasteiger partial charge in [0.05, 0.1) is 6.42 Å². The van der Waals surface area contributed by atoms with Crippen LogP contribution in [0.25, 0.3) is 11.0 Å². The van der Waals surface area contributed by atoms with E-state index < -0.39 is 5.97 Å². The van der Waals surface area contributed by atoms with Crippen molar-refractivity contribution in [2.75, 3.05) is 11.5 Å². The minimum absolute atomic E-state index is 0.0313. The molecule has 0 saturated carbocycles. The van der Waals surface area contributed by atoms with Crippen LogP contribution < -0.4 is 4.90 Å². The van der Waals surface area contributed by atoms with Gasteiger partial charge in [0.25, 0.3) is 5.91 Å². The highest BCUT2D eigenvalue weighted by Crippen LogP contribution is 2.31. The van der Waals surface area contributed by atoms with E-state index in [0.717, 1.165) is 23.1 Å². The molecule has 0 radical (unpaired) electrons. The van der Waals surface area contributed by atoms with Gasteiger partial charge in [-0.05, 0) is 37.1 Å². The molecule has 0 bridgehead atoms. The summed E-state index contributed by atoms with van der Waals surface area (Å²) in [7, 11) is 0. The van der Waals surface area contributed by atoms with Gasteiger partial charge in [0.2, 0.25) is 0 Å². The molecule has 1 amide bonds. The van der Waals surface area contributed by atoms with Gasteiger partial charge in [0.1, 0.15) is 5.69 Å². The van der Waals surface area contributed by atoms with Crippen LogP contribution in [-0.2, 0) is 27.2 Å². The highest BCUT2D eigenvalue weighted by atomic mass is 16.5. The Morgan fingerprint density at radius 1 is 1.19 bits per heavy atom. The van der Waals surface area contributed by atoms with E-state index in [9.17, 15) is 9.59 Å². The van der Waals surface area contributed by atoms with E-state index in [1.165, 1.54) is 0 Å². The molecule has 0 spiro atoms.